The number of hydrogen-bond acceptors (Lipinski definition) is 7. The molecule has 1 aliphatic carbocycles. The molecule has 0 spiro atoms. The van der Waals surface area contributed by atoms with Crippen molar-refractivity contribution >= 4 is 33.2 Å². The molecule has 3 fully saturated rings. The van der Waals surface area contributed by atoms with Crippen molar-refractivity contribution in [1.82, 2.24) is 19.5 Å². The number of likely N-dealkylation sites (tertiary alicyclic amines) is 1. The fraction of sp³-hybridized carbons (Fsp3) is 0.722. The predicted molar refractivity (Wildman–Crippen MR) is 105 cm³/mol. The van der Waals surface area contributed by atoms with Gasteiger partial charge in [-0.2, -0.15) is 0 Å². The van der Waals surface area contributed by atoms with Crippen molar-refractivity contribution in [3.8, 4) is 0 Å². The number of sulfonamides is 1. The number of nitrogens with zero attached hydrogens (tertiary/aromatic N) is 3. The van der Waals surface area contributed by atoms with Crippen molar-refractivity contribution < 1.29 is 18.0 Å². The lowest BCUT2D eigenvalue weighted by Crippen LogP contribution is -2.44. The topological polar surface area (TPSA) is 99.7 Å². The third kappa shape index (κ3) is 3.46. The molecule has 0 radical (unpaired) electrons. The summed E-state index contributed by atoms with van der Waals surface area (Å²) in [5, 5.41) is 6.01. The van der Waals surface area contributed by atoms with Gasteiger partial charge in [0, 0.05) is 24.5 Å². The summed E-state index contributed by atoms with van der Waals surface area (Å²) in [6.45, 7) is 4.89. The molecule has 1 aromatic rings. The quantitative estimate of drug-likeness (QED) is 0.730. The second-order valence-electron chi connectivity index (χ2n) is 8.29. The van der Waals surface area contributed by atoms with Crippen LogP contribution in [0.2, 0.25) is 0 Å². The third-order valence-corrected chi connectivity index (χ3v) is 7.83. The molecule has 0 aromatic carbocycles. The largest absolute Gasteiger partial charge is 0.331 e. The van der Waals surface area contributed by atoms with Gasteiger partial charge in [0.2, 0.25) is 15.9 Å². The highest BCUT2D eigenvalue weighted by Crippen LogP contribution is 2.41. The summed E-state index contributed by atoms with van der Waals surface area (Å²) in [7, 11) is -3.67. The minimum absolute atomic E-state index is 0.0612. The van der Waals surface area contributed by atoms with E-state index in [4.69, 9.17) is 0 Å². The Balaban J connectivity index is 1.56. The van der Waals surface area contributed by atoms with E-state index >= 15 is 0 Å². The number of amides is 2. The molecule has 1 aromatic heterocycles. The van der Waals surface area contributed by atoms with E-state index in [2.05, 4.69) is 10.3 Å². The van der Waals surface area contributed by atoms with Crippen LogP contribution in [0, 0.1) is 11.8 Å². The van der Waals surface area contributed by atoms with Gasteiger partial charge in [-0.1, -0.05) is 13.8 Å². The summed E-state index contributed by atoms with van der Waals surface area (Å²) < 4.78 is 25.5. The Kier molecular flexibility index (Phi) is 4.99. The maximum Gasteiger partial charge on any atom is 0.273 e. The van der Waals surface area contributed by atoms with Crippen LogP contribution < -0.4 is 5.32 Å². The summed E-state index contributed by atoms with van der Waals surface area (Å²) in [5.41, 5.74) is 0.381. The molecule has 1 N–H and O–H groups in total. The maximum atomic E-state index is 13.2. The molecule has 0 bridgehead atoms. The van der Waals surface area contributed by atoms with Crippen molar-refractivity contribution in [2.75, 3.05) is 12.8 Å². The van der Waals surface area contributed by atoms with E-state index in [0.717, 1.165) is 15.6 Å². The Morgan fingerprint density at radius 3 is 2.68 bits per heavy atom. The molecule has 3 aliphatic rings. The van der Waals surface area contributed by atoms with E-state index in [1.54, 1.807) is 10.3 Å². The molecular weight excluding hydrogens is 400 g/mol. The van der Waals surface area contributed by atoms with Gasteiger partial charge in [0.25, 0.3) is 5.91 Å². The van der Waals surface area contributed by atoms with E-state index in [-0.39, 0.29) is 11.8 Å². The van der Waals surface area contributed by atoms with Crippen LogP contribution in [-0.4, -0.2) is 65.3 Å². The van der Waals surface area contributed by atoms with Gasteiger partial charge >= 0.3 is 0 Å². The summed E-state index contributed by atoms with van der Waals surface area (Å²) in [4.78, 5) is 32.2. The number of thiazole rings is 1. The number of rotatable bonds is 6. The molecule has 10 heteroatoms. The van der Waals surface area contributed by atoms with E-state index in [0.29, 0.717) is 31.2 Å². The summed E-state index contributed by atoms with van der Waals surface area (Å²) in [6, 6.07) is -0.335. The van der Waals surface area contributed by atoms with E-state index in [1.165, 1.54) is 24.2 Å². The molecule has 8 nitrogen and oxygen atoms in total. The van der Waals surface area contributed by atoms with Crippen molar-refractivity contribution in [1.29, 1.82) is 0 Å². The molecule has 0 unspecified atom stereocenters. The molecule has 2 aliphatic heterocycles. The number of aromatic nitrogens is 1. The minimum Gasteiger partial charge on any atom is -0.331 e. The molecule has 3 heterocycles. The van der Waals surface area contributed by atoms with Gasteiger partial charge in [-0.15, -0.1) is 11.3 Å². The lowest BCUT2D eigenvalue weighted by molar-refractivity contribution is -0.129. The number of carbonyl (C=O) groups excluding carboxylic acids is 2. The summed E-state index contributed by atoms with van der Waals surface area (Å²) in [6.07, 6.45) is 3.91. The number of fused-ring (bicyclic) bond motifs is 1. The van der Waals surface area contributed by atoms with Crippen molar-refractivity contribution in [2.24, 2.45) is 11.8 Å². The minimum atomic E-state index is -3.67. The first-order valence-corrected chi connectivity index (χ1v) is 12.4. The van der Waals surface area contributed by atoms with Gasteiger partial charge in [-0.25, -0.2) is 17.7 Å². The zero-order valence-electron chi connectivity index (χ0n) is 16.3. The number of carbonyl (C=O) groups is 2. The Bertz CT molecular complexity index is 893. The molecule has 28 heavy (non-hydrogen) atoms. The predicted octanol–water partition coefficient (Wildman–Crippen LogP) is 1.05. The Hall–Kier alpha value is -1.52. The smallest absolute Gasteiger partial charge is 0.273 e. The van der Waals surface area contributed by atoms with Gasteiger partial charge in [-0.05, 0) is 25.2 Å². The zero-order valence-corrected chi connectivity index (χ0v) is 17.9. The number of nitrogens with one attached hydrogen (secondary N) is 1. The highest BCUT2D eigenvalue weighted by atomic mass is 32.2. The first-order chi connectivity index (χ1) is 13.2. The second kappa shape index (κ2) is 7.07. The monoisotopic (exact) mass is 426 g/mol. The van der Waals surface area contributed by atoms with Crippen LogP contribution in [0.4, 0.5) is 0 Å². The second-order valence-corrected chi connectivity index (χ2v) is 11.1. The van der Waals surface area contributed by atoms with Gasteiger partial charge in [0.1, 0.15) is 10.7 Å². The average Bonchev–Trinajstić information content (AvgIpc) is 3.02. The molecule has 154 valence electrons. The maximum absolute atomic E-state index is 13.2. The molecule has 2 saturated heterocycles. The summed E-state index contributed by atoms with van der Waals surface area (Å²) >= 11 is 1.45. The Morgan fingerprint density at radius 2 is 2.07 bits per heavy atom. The standard InChI is InChI=1S/C18H26N4O4S2/c1-10(2)15-16-13(22(18(15)24)28(3,25)26)6-7-21(16)17(23)12-9-27-14(20-12)8-19-11-4-5-11/h9-11,13,15-16,19H,4-8H2,1-3H3/t13-,15+,16-/m1/s1. The normalized spacial score (nSPS) is 27.7. The van der Waals surface area contributed by atoms with Crippen LogP contribution in [-0.2, 0) is 21.4 Å². The summed E-state index contributed by atoms with van der Waals surface area (Å²) in [5.74, 6) is -1.18. The lowest BCUT2D eigenvalue weighted by Gasteiger charge is -2.28. The van der Waals surface area contributed by atoms with Crippen LogP contribution in [0.3, 0.4) is 0 Å². The van der Waals surface area contributed by atoms with E-state index in [9.17, 15) is 18.0 Å². The molecular formula is C18H26N4O4S2. The molecule has 1 saturated carbocycles. The van der Waals surface area contributed by atoms with Crippen molar-refractivity contribution in [3.63, 3.8) is 0 Å². The highest BCUT2D eigenvalue weighted by molar-refractivity contribution is 7.88. The molecule has 2 amide bonds. The highest BCUT2D eigenvalue weighted by Gasteiger charge is 2.58. The van der Waals surface area contributed by atoms with Crippen molar-refractivity contribution in [2.45, 2.75) is 57.8 Å². The third-order valence-electron chi connectivity index (χ3n) is 5.82. The van der Waals surface area contributed by atoms with Crippen LogP contribution in [0.25, 0.3) is 0 Å². The Morgan fingerprint density at radius 1 is 1.36 bits per heavy atom. The van der Waals surface area contributed by atoms with Gasteiger partial charge in [0.15, 0.2) is 0 Å². The average molecular weight is 427 g/mol. The Labute approximate surface area is 169 Å². The zero-order chi connectivity index (χ0) is 20.2. The van der Waals surface area contributed by atoms with Crippen LogP contribution >= 0.6 is 11.3 Å². The van der Waals surface area contributed by atoms with Crippen LogP contribution in [0.5, 0.6) is 0 Å². The molecule has 3 atom stereocenters. The van der Waals surface area contributed by atoms with Crippen molar-refractivity contribution in [3.05, 3.63) is 16.1 Å². The van der Waals surface area contributed by atoms with E-state index < -0.39 is 33.9 Å². The van der Waals surface area contributed by atoms with Gasteiger partial charge < -0.3 is 10.2 Å². The SMILES string of the molecule is CC(C)[C@@H]1C(=O)N(S(C)(=O)=O)[C@@H]2CCN(C(=O)c3csc(CNC4CC4)n3)[C@H]21. The fourth-order valence-corrected chi connectivity index (χ4v) is 6.32. The van der Waals surface area contributed by atoms with E-state index in [1.807, 2.05) is 13.8 Å². The van der Waals surface area contributed by atoms with Gasteiger partial charge in [0.05, 0.1) is 24.3 Å². The number of hydrogen-bond donors (Lipinski definition) is 1. The molecule has 4 rings (SSSR count). The lowest BCUT2D eigenvalue weighted by atomic mass is 9.88. The fourth-order valence-electron chi connectivity index (χ4n) is 4.43. The van der Waals surface area contributed by atoms with Gasteiger partial charge in [-0.3, -0.25) is 9.59 Å². The van der Waals surface area contributed by atoms with Crippen LogP contribution in [0.15, 0.2) is 5.38 Å². The first-order valence-electron chi connectivity index (χ1n) is 9.70. The van der Waals surface area contributed by atoms with Crippen LogP contribution in [0.1, 0.15) is 48.6 Å². The first kappa shape index (κ1) is 19.8.